The Labute approximate surface area is 121 Å². The summed E-state index contributed by atoms with van der Waals surface area (Å²) in [5.74, 6) is -0.0497. The normalized spacial score (nSPS) is 13.2. The van der Waals surface area contributed by atoms with Crippen molar-refractivity contribution < 1.29 is 4.79 Å². The number of halogens is 1. The molecule has 1 atom stereocenters. The topological polar surface area (TPSA) is 29.1 Å². The van der Waals surface area contributed by atoms with Crippen molar-refractivity contribution in [3.8, 4) is 0 Å². The maximum absolute atomic E-state index is 12.0. The predicted octanol–water partition coefficient (Wildman–Crippen LogP) is 4.08. The first-order chi connectivity index (χ1) is 8.67. The minimum Gasteiger partial charge on any atom is -0.351 e. The highest BCUT2D eigenvalue weighted by atomic mass is 35.5. The molecule has 0 aliphatic carbocycles. The first-order valence-corrected chi connectivity index (χ1v) is 7.11. The molecule has 0 radical (unpaired) electrons. The summed E-state index contributed by atoms with van der Waals surface area (Å²) in [6, 6.07) is 5.85. The molecule has 0 aromatic heterocycles. The van der Waals surface area contributed by atoms with Crippen molar-refractivity contribution in [2.24, 2.45) is 5.41 Å². The lowest BCUT2D eigenvalue weighted by atomic mass is 9.90. The van der Waals surface area contributed by atoms with Gasteiger partial charge in [0.15, 0.2) is 0 Å². The molecule has 2 nitrogen and oxygen atoms in total. The molecule has 0 saturated carbocycles. The highest BCUT2D eigenvalue weighted by molar-refractivity contribution is 6.21. The van der Waals surface area contributed by atoms with Crippen molar-refractivity contribution in [3.05, 3.63) is 34.9 Å². The Bertz CT molecular complexity index is 428. The number of carbonyl (C=O) groups is 1. The molecule has 3 heteroatoms. The van der Waals surface area contributed by atoms with Crippen molar-refractivity contribution in [2.45, 2.75) is 46.4 Å². The summed E-state index contributed by atoms with van der Waals surface area (Å²) in [7, 11) is 0. The van der Waals surface area contributed by atoms with Crippen LogP contribution in [0.3, 0.4) is 0 Å². The summed E-state index contributed by atoms with van der Waals surface area (Å²) < 4.78 is 0. The summed E-state index contributed by atoms with van der Waals surface area (Å²) in [5, 5.41) is 2.87. The van der Waals surface area contributed by atoms with E-state index in [2.05, 4.69) is 32.2 Å². The van der Waals surface area contributed by atoms with Crippen LogP contribution in [-0.4, -0.2) is 17.8 Å². The molecule has 1 unspecified atom stereocenters. The van der Waals surface area contributed by atoms with E-state index in [1.165, 1.54) is 0 Å². The van der Waals surface area contributed by atoms with Gasteiger partial charge < -0.3 is 5.32 Å². The zero-order valence-corrected chi connectivity index (χ0v) is 13.3. The molecule has 0 heterocycles. The van der Waals surface area contributed by atoms with E-state index in [0.717, 1.165) is 17.5 Å². The van der Waals surface area contributed by atoms with Gasteiger partial charge in [-0.15, -0.1) is 11.6 Å². The van der Waals surface area contributed by atoms with Gasteiger partial charge in [0.1, 0.15) is 0 Å². The second-order valence-corrected chi connectivity index (χ2v) is 7.07. The molecule has 1 N–H and O–H groups in total. The van der Waals surface area contributed by atoms with Gasteiger partial charge in [-0.25, -0.2) is 0 Å². The van der Waals surface area contributed by atoms with Gasteiger partial charge in [-0.1, -0.05) is 38.0 Å². The number of aryl methyl sites for hydroxylation is 2. The lowest BCUT2D eigenvalue weighted by Gasteiger charge is -2.22. The Morgan fingerprint density at radius 2 is 1.74 bits per heavy atom. The highest BCUT2D eigenvalue weighted by Crippen LogP contribution is 2.23. The molecule has 19 heavy (non-hydrogen) atoms. The molecule has 0 aliphatic heterocycles. The van der Waals surface area contributed by atoms with E-state index in [-0.39, 0.29) is 16.7 Å². The first kappa shape index (κ1) is 16.0. The van der Waals surface area contributed by atoms with E-state index in [9.17, 15) is 4.79 Å². The van der Waals surface area contributed by atoms with Crippen LogP contribution in [0.4, 0.5) is 0 Å². The van der Waals surface area contributed by atoms with Crippen molar-refractivity contribution in [1.82, 2.24) is 5.32 Å². The lowest BCUT2D eigenvalue weighted by Crippen LogP contribution is -2.31. The fourth-order valence-corrected chi connectivity index (χ4v) is 2.69. The van der Waals surface area contributed by atoms with E-state index in [1.807, 2.05) is 26.0 Å². The van der Waals surface area contributed by atoms with Gasteiger partial charge >= 0.3 is 0 Å². The molecule has 0 fully saturated rings. The number of nitrogens with one attached hydrogen (secondary N) is 1. The van der Waals surface area contributed by atoms with Gasteiger partial charge in [-0.2, -0.15) is 0 Å². The Balaban J connectivity index is 2.56. The number of hydrogen-bond donors (Lipinski definition) is 1. The Morgan fingerprint density at radius 1 is 1.21 bits per heavy atom. The number of alkyl halides is 1. The number of carbonyl (C=O) groups excluding carboxylic acids is 1. The molecule has 106 valence electrons. The van der Waals surface area contributed by atoms with Crippen molar-refractivity contribution in [1.29, 1.82) is 0 Å². The van der Waals surface area contributed by atoms with Crippen LogP contribution in [0, 0.1) is 19.3 Å². The molecule has 1 aromatic carbocycles. The maximum Gasteiger partial charge on any atom is 0.251 e. The Morgan fingerprint density at radius 3 is 2.21 bits per heavy atom. The Hall–Kier alpha value is -1.02. The van der Waals surface area contributed by atoms with Crippen LogP contribution in [0.25, 0.3) is 0 Å². The van der Waals surface area contributed by atoms with E-state index >= 15 is 0 Å². The van der Waals surface area contributed by atoms with E-state index in [0.29, 0.717) is 12.1 Å². The molecule has 1 rings (SSSR count). The van der Waals surface area contributed by atoms with Crippen LogP contribution in [0.15, 0.2) is 18.2 Å². The molecule has 0 aliphatic rings. The van der Waals surface area contributed by atoms with Crippen LogP contribution in [0.5, 0.6) is 0 Å². The fraction of sp³-hybridized carbons (Fsp3) is 0.562. The first-order valence-electron chi connectivity index (χ1n) is 6.68. The number of benzene rings is 1. The summed E-state index contributed by atoms with van der Waals surface area (Å²) in [5.41, 5.74) is 3.08. The predicted molar refractivity (Wildman–Crippen MR) is 82.0 cm³/mol. The van der Waals surface area contributed by atoms with Crippen molar-refractivity contribution >= 4 is 17.5 Å². The monoisotopic (exact) mass is 281 g/mol. The van der Waals surface area contributed by atoms with Gasteiger partial charge in [0.05, 0.1) is 5.38 Å². The standard InChI is InChI=1S/C16H24ClNO/c1-11-6-12(2)8-13(7-11)15(19)18-10-14(17)9-16(3,4)5/h6-8,14H,9-10H2,1-5H3,(H,18,19). The Kier molecular flexibility index (Phi) is 5.42. The summed E-state index contributed by atoms with van der Waals surface area (Å²) in [6.07, 6.45) is 0.877. The van der Waals surface area contributed by atoms with Gasteiger partial charge in [-0.3, -0.25) is 4.79 Å². The quantitative estimate of drug-likeness (QED) is 0.828. The fourth-order valence-electron chi connectivity index (χ4n) is 2.15. The lowest BCUT2D eigenvalue weighted by molar-refractivity contribution is 0.0952. The third-order valence-electron chi connectivity index (χ3n) is 2.80. The second kappa shape index (κ2) is 6.42. The molecular weight excluding hydrogens is 258 g/mol. The smallest absolute Gasteiger partial charge is 0.251 e. The van der Waals surface area contributed by atoms with E-state index in [4.69, 9.17) is 11.6 Å². The molecule has 0 saturated heterocycles. The van der Waals surface area contributed by atoms with Crippen LogP contribution in [0.1, 0.15) is 48.7 Å². The van der Waals surface area contributed by atoms with Gasteiger partial charge in [-0.05, 0) is 37.8 Å². The molecular formula is C16H24ClNO. The van der Waals surface area contributed by atoms with Crippen molar-refractivity contribution in [2.75, 3.05) is 6.54 Å². The molecule has 1 amide bonds. The zero-order chi connectivity index (χ0) is 14.6. The van der Waals surface area contributed by atoms with Crippen LogP contribution in [-0.2, 0) is 0 Å². The summed E-state index contributed by atoms with van der Waals surface area (Å²) in [6.45, 7) is 10.9. The number of rotatable bonds is 4. The van der Waals surface area contributed by atoms with Gasteiger partial charge in [0.2, 0.25) is 0 Å². The van der Waals surface area contributed by atoms with E-state index in [1.54, 1.807) is 0 Å². The molecule has 1 aromatic rings. The van der Waals surface area contributed by atoms with Crippen molar-refractivity contribution in [3.63, 3.8) is 0 Å². The minimum atomic E-state index is -0.0497. The van der Waals surface area contributed by atoms with E-state index < -0.39 is 0 Å². The number of amides is 1. The van der Waals surface area contributed by atoms with Crippen LogP contribution < -0.4 is 5.32 Å². The van der Waals surface area contributed by atoms with Crippen LogP contribution >= 0.6 is 11.6 Å². The third kappa shape index (κ3) is 6.11. The summed E-state index contributed by atoms with van der Waals surface area (Å²) >= 11 is 6.24. The molecule has 0 spiro atoms. The highest BCUT2D eigenvalue weighted by Gasteiger charge is 2.17. The summed E-state index contributed by atoms with van der Waals surface area (Å²) in [4.78, 5) is 12.0. The van der Waals surface area contributed by atoms with Gasteiger partial charge in [0.25, 0.3) is 5.91 Å². The van der Waals surface area contributed by atoms with Crippen LogP contribution in [0.2, 0.25) is 0 Å². The third-order valence-corrected chi connectivity index (χ3v) is 3.11. The average molecular weight is 282 g/mol. The minimum absolute atomic E-state index is 0.0325. The average Bonchev–Trinajstić information content (AvgIpc) is 2.22. The zero-order valence-electron chi connectivity index (χ0n) is 12.5. The maximum atomic E-state index is 12.0. The number of hydrogen-bond acceptors (Lipinski definition) is 1. The largest absolute Gasteiger partial charge is 0.351 e. The second-order valence-electron chi connectivity index (χ2n) is 6.45. The van der Waals surface area contributed by atoms with Gasteiger partial charge in [0, 0.05) is 12.1 Å². The SMILES string of the molecule is Cc1cc(C)cc(C(=O)NCC(Cl)CC(C)(C)C)c1. The molecule has 0 bridgehead atoms.